The Kier molecular flexibility index (Phi) is 8.30. The fraction of sp³-hybridized carbons (Fsp3) is 0.500. The number of methoxy groups -OCH3 is 1. The minimum Gasteiger partial charge on any atom is -0.490 e. The van der Waals surface area contributed by atoms with Crippen LogP contribution in [0.3, 0.4) is 0 Å². The molecule has 0 saturated heterocycles. The van der Waals surface area contributed by atoms with Crippen LogP contribution in [0.2, 0.25) is 0 Å². The van der Waals surface area contributed by atoms with Gasteiger partial charge in [0.25, 0.3) is 0 Å². The SMILES string of the molecule is CCC(=CCOc1ccc(C(=O)OC)cc1)CCOC(C)C. The van der Waals surface area contributed by atoms with E-state index in [4.69, 9.17) is 9.47 Å². The van der Waals surface area contributed by atoms with Gasteiger partial charge in [-0.25, -0.2) is 4.79 Å². The summed E-state index contributed by atoms with van der Waals surface area (Å²) in [5.41, 5.74) is 1.84. The maximum absolute atomic E-state index is 11.3. The minimum atomic E-state index is -0.343. The van der Waals surface area contributed by atoms with Crippen LogP contribution in [0.25, 0.3) is 0 Å². The first-order valence-electron chi connectivity index (χ1n) is 7.67. The van der Waals surface area contributed by atoms with E-state index in [0.717, 1.165) is 25.2 Å². The number of carbonyl (C=O) groups is 1. The molecule has 0 fully saturated rings. The standard InChI is InChI=1S/C18H26O4/c1-5-15(10-12-21-14(2)3)11-13-22-17-8-6-16(7-9-17)18(19)20-4/h6-9,11,14H,5,10,12-13H2,1-4H3. The summed E-state index contributed by atoms with van der Waals surface area (Å²) in [6.07, 6.45) is 4.28. The first kappa shape index (κ1) is 18.2. The third-order valence-corrected chi connectivity index (χ3v) is 3.23. The Morgan fingerprint density at radius 1 is 1.23 bits per heavy atom. The molecule has 0 atom stereocenters. The average molecular weight is 306 g/mol. The fourth-order valence-electron chi connectivity index (χ4n) is 1.91. The van der Waals surface area contributed by atoms with Gasteiger partial charge in [-0.15, -0.1) is 0 Å². The van der Waals surface area contributed by atoms with Gasteiger partial charge in [-0.2, -0.15) is 0 Å². The maximum Gasteiger partial charge on any atom is 0.337 e. The van der Waals surface area contributed by atoms with Crippen molar-refractivity contribution in [2.75, 3.05) is 20.3 Å². The molecule has 0 unspecified atom stereocenters. The van der Waals surface area contributed by atoms with Crippen LogP contribution >= 0.6 is 0 Å². The monoisotopic (exact) mass is 306 g/mol. The van der Waals surface area contributed by atoms with Gasteiger partial charge < -0.3 is 14.2 Å². The Bertz CT molecular complexity index is 474. The normalized spacial score (nSPS) is 11.6. The number of ether oxygens (including phenoxy) is 3. The second-order valence-electron chi connectivity index (χ2n) is 5.21. The Morgan fingerprint density at radius 2 is 1.91 bits per heavy atom. The summed E-state index contributed by atoms with van der Waals surface area (Å²) < 4.78 is 15.9. The van der Waals surface area contributed by atoms with Crippen molar-refractivity contribution in [3.8, 4) is 5.75 Å². The Labute approximate surface area is 133 Å². The zero-order chi connectivity index (χ0) is 16.4. The van der Waals surface area contributed by atoms with Crippen LogP contribution in [0.5, 0.6) is 5.75 Å². The van der Waals surface area contributed by atoms with Crippen molar-refractivity contribution in [2.24, 2.45) is 0 Å². The predicted molar refractivity (Wildman–Crippen MR) is 87.4 cm³/mol. The number of esters is 1. The summed E-state index contributed by atoms with van der Waals surface area (Å²) in [4.78, 5) is 11.3. The maximum atomic E-state index is 11.3. The van der Waals surface area contributed by atoms with Crippen molar-refractivity contribution >= 4 is 5.97 Å². The summed E-state index contributed by atoms with van der Waals surface area (Å²) in [5.74, 6) is 0.391. The highest BCUT2D eigenvalue weighted by molar-refractivity contribution is 5.89. The first-order chi connectivity index (χ1) is 10.6. The topological polar surface area (TPSA) is 44.8 Å². The molecule has 1 aromatic carbocycles. The molecule has 0 aliphatic rings. The van der Waals surface area contributed by atoms with Gasteiger partial charge in [0.2, 0.25) is 0 Å². The number of hydrogen-bond acceptors (Lipinski definition) is 4. The molecule has 0 aliphatic carbocycles. The molecule has 0 amide bonds. The van der Waals surface area contributed by atoms with Gasteiger partial charge in [-0.3, -0.25) is 0 Å². The quantitative estimate of drug-likeness (QED) is 0.511. The Hall–Kier alpha value is -1.81. The van der Waals surface area contributed by atoms with Gasteiger partial charge in [-0.05, 0) is 57.0 Å². The summed E-state index contributed by atoms with van der Waals surface area (Å²) in [6, 6.07) is 6.94. The van der Waals surface area contributed by atoms with E-state index in [1.165, 1.54) is 12.7 Å². The van der Waals surface area contributed by atoms with E-state index < -0.39 is 0 Å². The molecule has 1 rings (SSSR count). The molecular formula is C18H26O4. The molecule has 22 heavy (non-hydrogen) atoms. The van der Waals surface area contributed by atoms with E-state index >= 15 is 0 Å². The van der Waals surface area contributed by atoms with Crippen molar-refractivity contribution in [3.63, 3.8) is 0 Å². The summed E-state index contributed by atoms with van der Waals surface area (Å²) in [7, 11) is 1.37. The van der Waals surface area contributed by atoms with E-state index in [-0.39, 0.29) is 12.1 Å². The molecule has 0 aromatic heterocycles. The molecule has 1 aromatic rings. The highest BCUT2D eigenvalue weighted by atomic mass is 16.5. The fourth-order valence-corrected chi connectivity index (χ4v) is 1.91. The molecule has 0 heterocycles. The Balaban J connectivity index is 2.43. The van der Waals surface area contributed by atoms with Crippen LogP contribution in [0.15, 0.2) is 35.9 Å². The first-order valence-corrected chi connectivity index (χ1v) is 7.67. The van der Waals surface area contributed by atoms with Crippen molar-refractivity contribution in [1.82, 2.24) is 0 Å². The zero-order valence-electron chi connectivity index (χ0n) is 13.9. The van der Waals surface area contributed by atoms with Gasteiger partial charge in [-0.1, -0.05) is 12.5 Å². The minimum absolute atomic E-state index is 0.266. The van der Waals surface area contributed by atoms with Crippen molar-refractivity contribution in [2.45, 2.75) is 39.7 Å². The van der Waals surface area contributed by atoms with E-state index in [1.807, 2.05) is 13.8 Å². The van der Waals surface area contributed by atoms with Crippen LogP contribution in [0.4, 0.5) is 0 Å². The second kappa shape index (κ2) is 10.0. The predicted octanol–water partition coefficient (Wildman–Crippen LogP) is 4.00. The van der Waals surface area contributed by atoms with Crippen LogP contribution < -0.4 is 4.74 Å². The highest BCUT2D eigenvalue weighted by Gasteiger charge is 2.04. The molecule has 0 saturated carbocycles. The molecule has 0 bridgehead atoms. The van der Waals surface area contributed by atoms with Gasteiger partial charge in [0.1, 0.15) is 12.4 Å². The Morgan fingerprint density at radius 3 is 2.45 bits per heavy atom. The van der Waals surface area contributed by atoms with Gasteiger partial charge in [0.05, 0.1) is 25.4 Å². The van der Waals surface area contributed by atoms with Gasteiger partial charge >= 0.3 is 5.97 Å². The van der Waals surface area contributed by atoms with E-state index in [0.29, 0.717) is 12.2 Å². The molecular weight excluding hydrogens is 280 g/mol. The molecule has 4 heteroatoms. The second-order valence-corrected chi connectivity index (χ2v) is 5.21. The lowest BCUT2D eigenvalue weighted by molar-refractivity contribution is 0.0600. The lowest BCUT2D eigenvalue weighted by Crippen LogP contribution is -2.05. The van der Waals surface area contributed by atoms with E-state index in [2.05, 4.69) is 17.7 Å². The smallest absolute Gasteiger partial charge is 0.337 e. The number of hydrogen-bond donors (Lipinski definition) is 0. The average Bonchev–Trinajstić information content (AvgIpc) is 2.53. The zero-order valence-corrected chi connectivity index (χ0v) is 13.9. The summed E-state index contributed by atoms with van der Waals surface area (Å²) in [5, 5.41) is 0. The van der Waals surface area contributed by atoms with E-state index in [9.17, 15) is 4.79 Å². The lowest BCUT2D eigenvalue weighted by atomic mass is 10.1. The van der Waals surface area contributed by atoms with E-state index in [1.54, 1.807) is 24.3 Å². The largest absolute Gasteiger partial charge is 0.490 e. The van der Waals surface area contributed by atoms with Crippen LogP contribution in [0.1, 0.15) is 44.0 Å². The van der Waals surface area contributed by atoms with Crippen molar-refractivity contribution < 1.29 is 19.0 Å². The van der Waals surface area contributed by atoms with Crippen LogP contribution in [0, 0.1) is 0 Å². The van der Waals surface area contributed by atoms with Crippen molar-refractivity contribution in [3.05, 3.63) is 41.5 Å². The van der Waals surface area contributed by atoms with Crippen LogP contribution in [-0.2, 0) is 9.47 Å². The van der Waals surface area contributed by atoms with Crippen LogP contribution in [-0.4, -0.2) is 32.4 Å². The molecule has 4 nitrogen and oxygen atoms in total. The van der Waals surface area contributed by atoms with Gasteiger partial charge in [0.15, 0.2) is 0 Å². The van der Waals surface area contributed by atoms with Crippen molar-refractivity contribution in [1.29, 1.82) is 0 Å². The molecule has 122 valence electrons. The molecule has 0 aliphatic heterocycles. The molecule has 0 N–H and O–H groups in total. The number of rotatable bonds is 9. The third-order valence-electron chi connectivity index (χ3n) is 3.23. The van der Waals surface area contributed by atoms with Gasteiger partial charge in [0, 0.05) is 0 Å². The summed E-state index contributed by atoms with van der Waals surface area (Å²) >= 11 is 0. The summed E-state index contributed by atoms with van der Waals surface area (Å²) in [6.45, 7) is 7.47. The molecule has 0 spiro atoms. The molecule has 0 radical (unpaired) electrons. The number of carbonyl (C=O) groups excluding carboxylic acids is 1. The lowest BCUT2D eigenvalue weighted by Gasteiger charge is -2.10. The third kappa shape index (κ3) is 6.76. The highest BCUT2D eigenvalue weighted by Crippen LogP contribution is 2.14. The number of benzene rings is 1.